The van der Waals surface area contributed by atoms with Crippen LogP contribution in [0, 0.1) is 11.3 Å². The summed E-state index contributed by atoms with van der Waals surface area (Å²) >= 11 is 0. The quantitative estimate of drug-likeness (QED) is 0.839. The number of nitrogens with zero attached hydrogens (tertiary/aromatic N) is 4. The van der Waals surface area contributed by atoms with Crippen LogP contribution >= 0.6 is 0 Å². The standard InChI is InChI=1S/C16H18N4/c1-16(2,11-17)14-13-8-4-6-10-20(13)15(19-14)12-7-3-5-9-18-12/h3,5,7,9H,4,6,8,10H2,1-2H3. The Morgan fingerprint density at radius 2 is 2.15 bits per heavy atom. The van der Waals surface area contributed by atoms with Gasteiger partial charge in [-0.25, -0.2) is 4.98 Å². The number of hydrogen-bond donors (Lipinski definition) is 0. The zero-order valence-corrected chi connectivity index (χ0v) is 11.9. The predicted octanol–water partition coefficient (Wildman–Crippen LogP) is 3.08. The molecule has 2 aromatic heterocycles. The van der Waals surface area contributed by atoms with Crippen LogP contribution in [0.1, 0.15) is 38.1 Å². The minimum absolute atomic E-state index is 0.554. The molecule has 0 radical (unpaired) electrons. The van der Waals surface area contributed by atoms with E-state index in [-0.39, 0.29) is 0 Å². The van der Waals surface area contributed by atoms with Crippen molar-refractivity contribution < 1.29 is 0 Å². The number of nitriles is 1. The third kappa shape index (κ3) is 2.00. The van der Waals surface area contributed by atoms with Gasteiger partial charge in [0.05, 0.1) is 17.2 Å². The van der Waals surface area contributed by atoms with Gasteiger partial charge in [-0.05, 0) is 45.2 Å². The summed E-state index contributed by atoms with van der Waals surface area (Å²) < 4.78 is 2.25. The first-order valence-corrected chi connectivity index (χ1v) is 7.06. The largest absolute Gasteiger partial charge is 0.326 e. The van der Waals surface area contributed by atoms with Crippen LogP contribution in [0.2, 0.25) is 0 Å². The molecule has 4 nitrogen and oxygen atoms in total. The molecule has 0 amide bonds. The fraction of sp³-hybridized carbons (Fsp3) is 0.438. The summed E-state index contributed by atoms with van der Waals surface area (Å²) in [6.45, 7) is 4.84. The average Bonchev–Trinajstić information content (AvgIpc) is 2.88. The maximum absolute atomic E-state index is 9.41. The number of rotatable bonds is 2. The minimum atomic E-state index is -0.554. The highest BCUT2D eigenvalue weighted by Gasteiger charge is 2.31. The first-order valence-electron chi connectivity index (χ1n) is 7.06. The molecule has 1 aliphatic rings. The fourth-order valence-corrected chi connectivity index (χ4v) is 2.79. The molecule has 3 heterocycles. The first-order chi connectivity index (χ1) is 9.63. The molecule has 0 atom stereocenters. The lowest BCUT2D eigenvalue weighted by molar-refractivity contribution is 0.523. The summed E-state index contributed by atoms with van der Waals surface area (Å²) in [5.41, 5.74) is 2.46. The second-order valence-electron chi connectivity index (χ2n) is 5.79. The van der Waals surface area contributed by atoms with E-state index in [1.807, 2.05) is 32.0 Å². The third-order valence-electron chi connectivity index (χ3n) is 3.88. The molecule has 4 heteroatoms. The molecule has 102 valence electrons. The van der Waals surface area contributed by atoms with Crippen LogP contribution in [-0.4, -0.2) is 14.5 Å². The second-order valence-corrected chi connectivity index (χ2v) is 5.79. The van der Waals surface area contributed by atoms with Gasteiger partial charge >= 0.3 is 0 Å². The van der Waals surface area contributed by atoms with Crippen molar-refractivity contribution in [2.45, 2.75) is 45.1 Å². The smallest absolute Gasteiger partial charge is 0.159 e. The molecule has 3 rings (SSSR count). The van der Waals surface area contributed by atoms with Crippen molar-refractivity contribution in [1.82, 2.24) is 14.5 Å². The van der Waals surface area contributed by atoms with Crippen molar-refractivity contribution >= 4 is 0 Å². The van der Waals surface area contributed by atoms with E-state index in [4.69, 9.17) is 4.98 Å². The van der Waals surface area contributed by atoms with Crippen LogP contribution in [0.5, 0.6) is 0 Å². The Balaban J connectivity index is 2.20. The summed E-state index contributed by atoms with van der Waals surface area (Å²) in [5.74, 6) is 0.902. The van der Waals surface area contributed by atoms with Crippen LogP contribution in [0.15, 0.2) is 24.4 Å². The Hall–Kier alpha value is -2.15. The van der Waals surface area contributed by atoms with E-state index in [1.165, 1.54) is 12.1 Å². The van der Waals surface area contributed by atoms with Crippen molar-refractivity contribution in [3.05, 3.63) is 35.8 Å². The number of fused-ring (bicyclic) bond motifs is 1. The average molecular weight is 266 g/mol. The van der Waals surface area contributed by atoms with Crippen LogP contribution in [0.3, 0.4) is 0 Å². The molecule has 1 aliphatic heterocycles. The van der Waals surface area contributed by atoms with E-state index >= 15 is 0 Å². The molecule has 2 aromatic rings. The van der Waals surface area contributed by atoms with Crippen LogP contribution in [-0.2, 0) is 18.4 Å². The molecule has 0 N–H and O–H groups in total. The zero-order chi connectivity index (χ0) is 14.2. The van der Waals surface area contributed by atoms with Crippen molar-refractivity contribution in [3.8, 4) is 17.6 Å². The van der Waals surface area contributed by atoms with Gasteiger partial charge in [0, 0.05) is 18.4 Å². The van der Waals surface area contributed by atoms with Crippen LogP contribution < -0.4 is 0 Å². The maximum Gasteiger partial charge on any atom is 0.159 e. The number of aromatic nitrogens is 3. The summed E-state index contributed by atoms with van der Waals surface area (Å²) in [5, 5.41) is 9.41. The Morgan fingerprint density at radius 3 is 2.85 bits per heavy atom. The van der Waals surface area contributed by atoms with E-state index in [1.54, 1.807) is 6.20 Å². The SMILES string of the molecule is CC(C)(C#N)c1nc(-c2ccccn2)n2c1CCCC2. The Bertz CT molecular complexity index is 662. The van der Waals surface area contributed by atoms with Gasteiger partial charge in [-0.15, -0.1) is 0 Å². The predicted molar refractivity (Wildman–Crippen MR) is 77.0 cm³/mol. The number of imidazole rings is 1. The van der Waals surface area contributed by atoms with Crippen molar-refractivity contribution in [2.75, 3.05) is 0 Å². The van der Waals surface area contributed by atoms with Gasteiger partial charge in [0.1, 0.15) is 5.69 Å². The van der Waals surface area contributed by atoms with Gasteiger partial charge in [-0.3, -0.25) is 4.98 Å². The lowest BCUT2D eigenvalue weighted by Gasteiger charge is -2.20. The van der Waals surface area contributed by atoms with E-state index < -0.39 is 5.41 Å². The molecular weight excluding hydrogens is 248 g/mol. The lowest BCUT2D eigenvalue weighted by Crippen LogP contribution is -2.19. The van der Waals surface area contributed by atoms with Gasteiger partial charge in [0.15, 0.2) is 5.82 Å². The van der Waals surface area contributed by atoms with Crippen molar-refractivity contribution in [3.63, 3.8) is 0 Å². The molecule has 0 fully saturated rings. The van der Waals surface area contributed by atoms with Crippen molar-refractivity contribution in [1.29, 1.82) is 5.26 Å². The number of hydrogen-bond acceptors (Lipinski definition) is 3. The van der Waals surface area contributed by atoms with Gasteiger partial charge in [-0.1, -0.05) is 6.07 Å². The first kappa shape index (κ1) is 12.9. The summed E-state index contributed by atoms with van der Waals surface area (Å²) in [7, 11) is 0. The summed E-state index contributed by atoms with van der Waals surface area (Å²) in [6, 6.07) is 8.24. The minimum Gasteiger partial charge on any atom is -0.326 e. The number of pyridine rings is 1. The highest BCUT2D eigenvalue weighted by molar-refractivity contribution is 5.53. The van der Waals surface area contributed by atoms with Gasteiger partial charge < -0.3 is 4.57 Å². The Morgan fingerprint density at radius 1 is 1.30 bits per heavy atom. The fourth-order valence-electron chi connectivity index (χ4n) is 2.79. The maximum atomic E-state index is 9.41. The van der Waals surface area contributed by atoms with E-state index in [0.717, 1.165) is 36.6 Å². The molecule has 0 aliphatic carbocycles. The van der Waals surface area contributed by atoms with Crippen LogP contribution in [0.25, 0.3) is 11.5 Å². The highest BCUT2D eigenvalue weighted by atomic mass is 15.1. The molecular formula is C16H18N4. The molecule has 0 aromatic carbocycles. The molecule has 0 spiro atoms. The molecule has 20 heavy (non-hydrogen) atoms. The topological polar surface area (TPSA) is 54.5 Å². The highest BCUT2D eigenvalue weighted by Crippen LogP contribution is 2.32. The van der Waals surface area contributed by atoms with Gasteiger partial charge in [-0.2, -0.15) is 5.26 Å². The van der Waals surface area contributed by atoms with Crippen molar-refractivity contribution in [2.24, 2.45) is 0 Å². The van der Waals surface area contributed by atoms with E-state index in [0.29, 0.717) is 0 Å². The molecule has 0 saturated heterocycles. The lowest BCUT2D eigenvalue weighted by atomic mass is 9.88. The molecule has 0 saturated carbocycles. The van der Waals surface area contributed by atoms with Gasteiger partial charge in [0.2, 0.25) is 0 Å². The van der Waals surface area contributed by atoms with E-state index in [2.05, 4.69) is 15.6 Å². The second kappa shape index (κ2) is 4.75. The Labute approximate surface area is 119 Å². The Kier molecular flexibility index (Phi) is 3.06. The summed E-state index contributed by atoms with van der Waals surface area (Å²) in [6.07, 6.45) is 5.12. The molecule has 0 unspecified atom stereocenters. The van der Waals surface area contributed by atoms with E-state index in [9.17, 15) is 5.26 Å². The normalized spacial score (nSPS) is 14.7. The third-order valence-corrected chi connectivity index (χ3v) is 3.88. The monoisotopic (exact) mass is 266 g/mol. The van der Waals surface area contributed by atoms with Crippen LogP contribution in [0.4, 0.5) is 0 Å². The summed E-state index contributed by atoms with van der Waals surface area (Å²) in [4.78, 5) is 9.19. The zero-order valence-electron chi connectivity index (χ0n) is 11.9. The van der Waals surface area contributed by atoms with Gasteiger partial charge in [0.25, 0.3) is 0 Å². The molecule has 0 bridgehead atoms.